The number of nitrogens with zero attached hydrogens (tertiary/aromatic N) is 6. The second kappa shape index (κ2) is 6.24. The monoisotopic (exact) mass is 318 g/mol. The second-order valence-electron chi connectivity index (χ2n) is 4.73. The third kappa shape index (κ3) is 3.89. The van der Waals surface area contributed by atoms with Crippen LogP contribution in [0.5, 0.6) is 0 Å². The summed E-state index contributed by atoms with van der Waals surface area (Å²) in [5, 5.41) is 7.36. The van der Waals surface area contributed by atoms with E-state index in [-0.39, 0.29) is 18.1 Å². The summed E-state index contributed by atoms with van der Waals surface area (Å²) in [7, 11) is 1.60. The minimum absolute atomic E-state index is 0.00690. The van der Waals surface area contributed by atoms with Gasteiger partial charge in [-0.05, 0) is 6.92 Å². The van der Waals surface area contributed by atoms with E-state index in [1.54, 1.807) is 7.05 Å². The number of hydrogen-bond acceptors (Lipinski definition) is 5. The lowest BCUT2D eigenvalue weighted by Crippen LogP contribution is -2.30. The van der Waals surface area contributed by atoms with Gasteiger partial charge < -0.3 is 4.90 Å². The van der Waals surface area contributed by atoms with E-state index in [0.717, 1.165) is 6.33 Å². The van der Waals surface area contributed by atoms with Gasteiger partial charge in [-0.1, -0.05) is 5.21 Å². The summed E-state index contributed by atoms with van der Waals surface area (Å²) < 4.78 is 53.0. The minimum atomic E-state index is -4.35. The highest BCUT2D eigenvalue weighted by atomic mass is 19.4. The van der Waals surface area contributed by atoms with Crippen LogP contribution < -0.4 is 4.90 Å². The Hall–Kier alpha value is -2.26. The van der Waals surface area contributed by atoms with E-state index < -0.39 is 25.0 Å². The van der Waals surface area contributed by atoms with E-state index in [1.807, 2.05) is 0 Å². The molecule has 0 unspecified atom stereocenters. The van der Waals surface area contributed by atoms with Crippen LogP contribution in [0.15, 0.2) is 12.5 Å². The van der Waals surface area contributed by atoms with E-state index in [0.29, 0.717) is 5.69 Å². The minimum Gasteiger partial charge on any atom is -0.348 e. The first-order valence-corrected chi connectivity index (χ1v) is 6.40. The molecule has 120 valence electrons. The van der Waals surface area contributed by atoms with Crippen molar-refractivity contribution >= 4 is 5.82 Å². The molecule has 0 bridgehead atoms. The first-order valence-electron chi connectivity index (χ1n) is 6.40. The highest BCUT2D eigenvalue weighted by Gasteiger charge is 2.29. The van der Waals surface area contributed by atoms with Crippen molar-refractivity contribution in [3.8, 4) is 0 Å². The summed E-state index contributed by atoms with van der Waals surface area (Å²) in [4.78, 5) is 8.66. The lowest BCUT2D eigenvalue weighted by atomic mass is 10.3. The van der Waals surface area contributed by atoms with Gasteiger partial charge >= 0.3 is 6.18 Å². The number of aryl methyl sites for hydroxylation is 2. The Bertz CT molecular complexity index is 639. The van der Waals surface area contributed by atoms with Gasteiger partial charge in [0.2, 0.25) is 0 Å². The van der Waals surface area contributed by atoms with Gasteiger partial charge in [-0.25, -0.2) is 14.4 Å². The number of anilines is 1. The van der Waals surface area contributed by atoms with Crippen molar-refractivity contribution in [2.24, 2.45) is 7.05 Å². The van der Waals surface area contributed by atoms with Crippen molar-refractivity contribution in [1.29, 1.82) is 0 Å². The van der Waals surface area contributed by atoms with Gasteiger partial charge in [0.15, 0.2) is 11.6 Å². The Balaban J connectivity index is 2.28. The highest BCUT2D eigenvalue weighted by molar-refractivity contribution is 5.41. The fourth-order valence-electron chi connectivity index (χ4n) is 1.84. The van der Waals surface area contributed by atoms with Crippen molar-refractivity contribution in [2.75, 3.05) is 11.4 Å². The van der Waals surface area contributed by atoms with Crippen molar-refractivity contribution < 1.29 is 17.6 Å². The molecule has 0 amide bonds. The molecule has 2 aromatic heterocycles. The first-order chi connectivity index (χ1) is 10.3. The van der Waals surface area contributed by atoms with Gasteiger partial charge in [0, 0.05) is 13.6 Å². The average molecular weight is 318 g/mol. The molecule has 0 aliphatic carbocycles. The molecule has 0 N–H and O–H groups in total. The van der Waals surface area contributed by atoms with Crippen LogP contribution in [0.4, 0.5) is 23.4 Å². The predicted molar refractivity (Wildman–Crippen MR) is 69.5 cm³/mol. The summed E-state index contributed by atoms with van der Waals surface area (Å²) in [5.41, 5.74) is 0.614. The van der Waals surface area contributed by atoms with Crippen molar-refractivity contribution in [2.45, 2.75) is 26.1 Å². The third-order valence-electron chi connectivity index (χ3n) is 3.07. The molecule has 0 aliphatic heterocycles. The molecule has 0 saturated carbocycles. The molecule has 2 rings (SSSR count). The van der Waals surface area contributed by atoms with E-state index >= 15 is 0 Å². The fourth-order valence-corrected chi connectivity index (χ4v) is 1.84. The zero-order valence-corrected chi connectivity index (χ0v) is 12.0. The summed E-state index contributed by atoms with van der Waals surface area (Å²) in [6.45, 7) is 1.00. The lowest BCUT2D eigenvalue weighted by Gasteiger charge is -2.24. The smallest absolute Gasteiger partial charge is 0.348 e. The average Bonchev–Trinajstić information content (AvgIpc) is 2.82. The molecule has 22 heavy (non-hydrogen) atoms. The summed E-state index contributed by atoms with van der Waals surface area (Å²) in [6.07, 6.45) is -2.90. The Morgan fingerprint density at radius 3 is 2.59 bits per heavy atom. The SMILES string of the molecule is Cc1ncnc(N(CCC(F)(F)F)Cc2cnnn2C)c1F. The summed E-state index contributed by atoms with van der Waals surface area (Å²) in [5.74, 6) is -0.905. The van der Waals surface area contributed by atoms with Gasteiger partial charge in [-0.2, -0.15) is 13.2 Å². The fraction of sp³-hybridized carbons (Fsp3) is 0.500. The molecule has 2 aromatic rings. The van der Waals surface area contributed by atoms with Gasteiger partial charge in [-0.3, -0.25) is 4.68 Å². The maximum atomic E-state index is 14.1. The highest BCUT2D eigenvalue weighted by Crippen LogP contribution is 2.24. The van der Waals surface area contributed by atoms with Gasteiger partial charge in [0.25, 0.3) is 0 Å². The normalized spacial score (nSPS) is 11.7. The van der Waals surface area contributed by atoms with Crippen LogP contribution in [-0.2, 0) is 13.6 Å². The molecule has 0 spiro atoms. The molecule has 0 saturated heterocycles. The number of alkyl halides is 3. The molecule has 2 heterocycles. The predicted octanol–water partition coefficient (Wildman–Crippen LogP) is 2.01. The van der Waals surface area contributed by atoms with Crippen LogP contribution >= 0.6 is 0 Å². The Morgan fingerprint density at radius 2 is 2.00 bits per heavy atom. The molecule has 0 aliphatic rings. The molecule has 10 heteroatoms. The van der Waals surface area contributed by atoms with Gasteiger partial charge in [0.05, 0.1) is 30.6 Å². The number of rotatable bonds is 5. The van der Waals surface area contributed by atoms with Crippen molar-refractivity contribution in [3.63, 3.8) is 0 Å². The lowest BCUT2D eigenvalue weighted by molar-refractivity contribution is -0.132. The van der Waals surface area contributed by atoms with Crippen LogP contribution in [0, 0.1) is 12.7 Å². The second-order valence-corrected chi connectivity index (χ2v) is 4.73. The molecule has 0 atom stereocenters. The summed E-state index contributed by atoms with van der Waals surface area (Å²) >= 11 is 0. The Morgan fingerprint density at radius 1 is 1.27 bits per heavy atom. The first kappa shape index (κ1) is 16.1. The van der Waals surface area contributed by atoms with E-state index in [9.17, 15) is 17.6 Å². The number of hydrogen-bond donors (Lipinski definition) is 0. The molecular weight excluding hydrogens is 304 g/mol. The Labute approximate surface area is 123 Å². The van der Waals surface area contributed by atoms with Crippen molar-refractivity contribution in [1.82, 2.24) is 25.0 Å². The van der Waals surface area contributed by atoms with Crippen molar-refractivity contribution in [3.05, 3.63) is 29.7 Å². The van der Waals surface area contributed by atoms with Gasteiger partial charge in [0.1, 0.15) is 6.33 Å². The molecule has 6 nitrogen and oxygen atoms in total. The van der Waals surface area contributed by atoms with Crippen LogP contribution in [0.1, 0.15) is 17.8 Å². The molecule has 0 radical (unpaired) electrons. The van der Waals surface area contributed by atoms with E-state index in [4.69, 9.17) is 0 Å². The zero-order chi connectivity index (χ0) is 16.3. The van der Waals surface area contributed by atoms with Crippen LogP contribution in [-0.4, -0.2) is 37.7 Å². The van der Waals surface area contributed by atoms with E-state index in [2.05, 4.69) is 20.3 Å². The zero-order valence-electron chi connectivity index (χ0n) is 12.0. The largest absolute Gasteiger partial charge is 0.390 e. The molecular formula is C12H14F4N6. The quantitative estimate of drug-likeness (QED) is 0.789. The van der Waals surface area contributed by atoms with Crippen LogP contribution in [0.25, 0.3) is 0 Å². The Kier molecular flexibility index (Phi) is 4.57. The molecule has 0 fully saturated rings. The maximum Gasteiger partial charge on any atom is 0.390 e. The molecule has 0 aromatic carbocycles. The number of halogens is 4. The topological polar surface area (TPSA) is 59.7 Å². The third-order valence-corrected chi connectivity index (χ3v) is 3.07. The van der Waals surface area contributed by atoms with Gasteiger partial charge in [-0.15, -0.1) is 5.10 Å². The summed E-state index contributed by atoms with van der Waals surface area (Å²) in [6, 6.07) is 0. The van der Waals surface area contributed by atoms with Crippen LogP contribution in [0.2, 0.25) is 0 Å². The number of aromatic nitrogens is 5. The maximum absolute atomic E-state index is 14.1. The van der Waals surface area contributed by atoms with Crippen LogP contribution in [0.3, 0.4) is 0 Å². The standard InChI is InChI=1S/C12H14F4N6/c1-8-10(13)11(18-7-17-8)22(4-3-12(14,15)16)6-9-5-19-20-21(9)2/h5,7H,3-4,6H2,1-2H3. The van der Waals surface area contributed by atoms with E-state index in [1.165, 1.54) is 22.7 Å².